The van der Waals surface area contributed by atoms with Crippen LogP contribution in [-0.2, 0) is 5.75 Å². The van der Waals surface area contributed by atoms with Crippen LogP contribution in [0.5, 0.6) is 0 Å². The third-order valence-corrected chi connectivity index (χ3v) is 3.66. The molecule has 0 aliphatic rings. The number of aromatic nitrogens is 2. The van der Waals surface area contributed by atoms with E-state index in [1.165, 1.54) is 6.42 Å². The summed E-state index contributed by atoms with van der Waals surface area (Å²) in [5.74, 6) is 3.61. The molecule has 0 bridgehead atoms. The van der Waals surface area contributed by atoms with Crippen molar-refractivity contribution in [2.75, 3.05) is 5.75 Å². The van der Waals surface area contributed by atoms with Gasteiger partial charge in [0, 0.05) is 5.69 Å². The highest BCUT2D eigenvalue weighted by atomic mass is 35.5. The molecule has 0 N–H and O–H groups in total. The first-order valence-corrected chi connectivity index (χ1v) is 6.73. The molecule has 0 saturated heterocycles. The van der Waals surface area contributed by atoms with E-state index in [0.717, 1.165) is 28.9 Å². The lowest BCUT2D eigenvalue weighted by Gasteiger charge is -2.07. The molecular weight excluding hydrogens is 228 g/mol. The van der Waals surface area contributed by atoms with Crippen molar-refractivity contribution in [2.45, 2.75) is 32.9 Å². The Morgan fingerprint density at radius 2 is 2.20 bits per heavy atom. The summed E-state index contributed by atoms with van der Waals surface area (Å²) >= 11 is 7.73. The molecule has 0 fully saturated rings. The molecule has 1 atom stereocenters. The SMILES string of the molecule is CCC(C)CSCc1nc(C)cc(Cl)n1. The number of halogens is 1. The van der Waals surface area contributed by atoms with Gasteiger partial charge in [0.15, 0.2) is 0 Å². The number of thioether (sulfide) groups is 1. The van der Waals surface area contributed by atoms with Gasteiger partial charge in [-0.05, 0) is 24.7 Å². The minimum Gasteiger partial charge on any atom is -0.237 e. The number of aryl methyl sites for hydroxylation is 1. The van der Waals surface area contributed by atoms with Crippen LogP contribution in [0, 0.1) is 12.8 Å². The van der Waals surface area contributed by atoms with Gasteiger partial charge in [-0.15, -0.1) is 0 Å². The molecule has 1 rings (SSSR count). The van der Waals surface area contributed by atoms with Crippen LogP contribution in [0.25, 0.3) is 0 Å². The standard InChI is InChI=1S/C11H17ClN2S/c1-4-8(2)6-15-7-11-13-9(3)5-10(12)14-11/h5,8H,4,6-7H2,1-3H3. The molecule has 4 heteroatoms. The maximum Gasteiger partial charge on any atom is 0.140 e. The summed E-state index contributed by atoms with van der Waals surface area (Å²) in [5.41, 5.74) is 0.939. The zero-order valence-electron chi connectivity index (χ0n) is 9.46. The maximum atomic E-state index is 5.86. The van der Waals surface area contributed by atoms with Crippen LogP contribution in [0.15, 0.2) is 6.07 Å². The molecular formula is C11H17ClN2S. The summed E-state index contributed by atoms with van der Waals surface area (Å²) in [5, 5.41) is 0.543. The lowest BCUT2D eigenvalue weighted by Crippen LogP contribution is -1.99. The molecule has 0 aliphatic carbocycles. The van der Waals surface area contributed by atoms with Crippen molar-refractivity contribution in [3.8, 4) is 0 Å². The zero-order valence-corrected chi connectivity index (χ0v) is 11.0. The van der Waals surface area contributed by atoms with E-state index in [0.29, 0.717) is 5.15 Å². The van der Waals surface area contributed by atoms with E-state index in [-0.39, 0.29) is 0 Å². The Hall–Kier alpha value is -0.280. The average molecular weight is 245 g/mol. The predicted molar refractivity (Wildman–Crippen MR) is 67.4 cm³/mol. The smallest absolute Gasteiger partial charge is 0.140 e. The van der Waals surface area contributed by atoms with Gasteiger partial charge >= 0.3 is 0 Å². The second-order valence-corrected chi connectivity index (χ2v) is 5.19. The largest absolute Gasteiger partial charge is 0.237 e. The minimum absolute atomic E-state index is 0.543. The van der Waals surface area contributed by atoms with Crippen LogP contribution in [0.2, 0.25) is 5.15 Å². The van der Waals surface area contributed by atoms with Crippen molar-refractivity contribution in [3.05, 3.63) is 22.7 Å². The van der Waals surface area contributed by atoms with E-state index >= 15 is 0 Å². The van der Waals surface area contributed by atoms with Crippen LogP contribution in [0.1, 0.15) is 31.8 Å². The van der Waals surface area contributed by atoms with Crippen molar-refractivity contribution < 1.29 is 0 Å². The van der Waals surface area contributed by atoms with E-state index < -0.39 is 0 Å². The first-order valence-electron chi connectivity index (χ1n) is 5.19. The first kappa shape index (κ1) is 12.8. The predicted octanol–water partition coefficient (Wildman–Crippen LogP) is 3.72. The molecule has 1 unspecified atom stereocenters. The normalized spacial score (nSPS) is 12.8. The Balaban J connectivity index is 2.43. The Bertz CT molecular complexity index is 297. The third-order valence-electron chi connectivity index (χ3n) is 2.20. The van der Waals surface area contributed by atoms with E-state index in [1.807, 2.05) is 18.7 Å². The summed E-state index contributed by atoms with van der Waals surface area (Å²) in [4.78, 5) is 8.53. The summed E-state index contributed by atoms with van der Waals surface area (Å²) in [7, 11) is 0. The van der Waals surface area contributed by atoms with Gasteiger partial charge in [-0.1, -0.05) is 31.9 Å². The van der Waals surface area contributed by atoms with Crippen molar-refractivity contribution >= 4 is 23.4 Å². The quantitative estimate of drug-likeness (QED) is 0.739. The molecule has 0 aromatic carbocycles. The minimum atomic E-state index is 0.543. The number of nitrogens with zero attached hydrogens (tertiary/aromatic N) is 2. The van der Waals surface area contributed by atoms with Crippen LogP contribution in [0.4, 0.5) is 0 Å². The summed E-state index contributed by atoms with van der Waals surface area (Å²) in [6.45, 7) is 6.42. The second-order valence-electron chi connectivity index (χ2n) is 3.78. The fraction of sp³-hybridized carbons (Fsp3) is 0.636. The van der Waals surface area contributed by atoms with Gasteiger partial charge < -0.3 is 0 Å². The van der Waals surface area contributed by atoms with Crippen LogP contribution in [0.3, 0.4) is 0 Å². The van der Waals surface area contributed by atoms with Crippen molar-refractivity contribution in [1.82, 2.24) is 9.97 Å². The highest BCUT2D eigenvalue weighted by molar-refractivity contribution is 7.98. The lowest BCUT2D eigenvalue weighted by atomic mass is 10.2. The van der Waals surface area contributed by atoms with Crippen LogP contribution in [-0.4, -0.2) is 15.7 Å². The Morgan fingerprint density at radius 3 is 2.80 bits per heavy atom. The number of hydrogen-bond acceptors (Lipinski definition) is 3. The highest BCUT2D eigenvalue weighted by Gasteiger charge is 2.03. The van der Waals surface area contributed by atoms with Gasteiger partial charge in [0.25, 0.3) is 0 Å². The molecule has 1 aromatic rings. The van der Waals surface area contributed by atoms with Gasteiger partial charge in [0.1, 0.15) is 11.0 Å². The molecule has 2 nitrogen and oxygen atoms in total. The fourth-order valence-corrected chi connectivity index (χ4v) is 2.45. The molecule has 0 saturated carbocycles. The fourth-order valence-electron chi connectivity index (χ4n) is 1.12. The summed E-state index contributed by atoms with van der Waals surface area (Å²) in [6.07, 6.45) is 1.22. The van der Waals surface area contributed by atoms with Crippen molar-refractivity contribution in [3.63, 3.8) is 0 Å². The third kappa shape index (κ3) is 4.85. The average Bonchev–Trinajstić information content (AvgIpc) is 2.16. The zero-order chi connectivity index (χ0) is 11.3. The molecule has 1 heterocycles. The summed E-state index contributed by atoms with van der Waals surface area (Å²) in [6, 6.07) is 1.78. The summed E-state index contributed by atoms with van der Waals surface area (Å²) < 4.78 is 0. The van der Waals surface area contributed by atoms with Gasteiger partial charge in [-0.25, -0.2) is 9.97 Å². The molecule has 0 aliphatic heterocycles. The van der Waals surface area contributed by atoms with Gasteiger partial charge in [0.2, 0.25) is 0 Å². The number of rotatable bonds is 5. The lowest BCUT2D eigenvalue weighted by molar-refractivity contribution is 0.636. The van der Waals surface area contributed by atoms with Gasteiger partial charge in [0.05, 0.1) is 5.75 Å². The molecule has 0 amide bonds. The maximum absolute atomic E-state index is 5.86. The van der Waals surface area contributed by atoms with Crippen LogP contribution < -0.4 is 0 Å². The Labute approximate surface area is 101 Å². The molecule has 0 spiro atoms. The second kappa shape index (κ2) is 6.33. The van der Waals surface area contributed by atoms with E-state index in [1.54, 1.807) is 6.07 Å². The first-order chi connectivity index (χ1) is 7.11. The monoisotopic (exact) mass is 244 g/mol. The van der Waals surface area contributed by atoms with Crippen LogP contribution >= 0.6 is 23.4 Å². The number of hydrogen-bond donors (Lipinski definition) is 0. The van der Waals surface area contributed by atoms with E-state index in [9.17, 15) is 0 Å². The van der Waals surface area contributed by atoms with Crippen molar-refractivity contribution in [2.24, 2.45) is 5.92 Å². The highest BCUT2D eigenvalue weighted by Crippen LogP contribution is 2.16. The van der Waals surface area contributed by atoms with Gasteiger partial charge in [-0.3, -0.25) is 0 Å². The molecule has 1 aromatic heterocycles. The topological polar surface area (TPSA) is 25.8 Å². The van der Waals surface area contributed by atoms with E-state index in [4.69, 9.17) is 11.6 Å². The van der Waals surface area contributed by atoms with E-state index in [2.05, 4.69) is 23.8 Å². The van der Waals surface area contributed by atoms with Crippen molar-refractivity contribution in [1.29, 1.82) is 0 Å². The molecule has 15 heavy (non-hydrogen) atoms. The molecule has 0 radical (unpaired) electrons. The Kier molecular flexibility index (Phi) is 5.40. The Morgan fingerprint density at radius 1 is 1.47 bits per heavy atom. The van der Waals surface area contributed by atoms with Gasteiger partial charge in [-0.2, -0.15) is 11.8 Å². The molecule has 84 valence electrons.